The van der Waals surface area contributed by atoms with Gasteiger partial charge in [-0.1, -0.05) is 48.2 Å². The normalized spacial score (nSPS) is 9.45. The van der Waals surface area contributed by atoms with Crippen molar-refractivity contribution in [3.05, 3.63) is 65.7 Å². The minimum atomic E-state index is -0.436. The van der Waals surface area contributed by atoms with Crippen molar-refractivity contribution in [1.29, 1.82) is 0 Å². The van der Waals surface area contributed by atoms with Gasteiger partial charge < -0.3 is 15.8 Å². The number of nitrogens with one attached hydrogen (secondary N) is 1. The number of benzene rings is 2. The quantitative estimate of drug-likeness (QED) is 0.517. The van der Waals surface area contributed by atoms with Crippen LogP contribution < -0.4 is 11.1 Å². The smallest absolute Gasteiger partial charge is 0.407 e. The van der Waals surface area contributed by atoms with Crippen LogP contribution in [0.4, 0.5) is 10.5 Å². The van der Waals surface area contributed by atoms with Crippen molar-refractivity contribution < 1.29 is 9.53 Å². The lowest BCUT2D eigenvalue weighted by molar-refractivity contribution is 0.140. The van der Waals surface area contributed by atoms with Crippen LogP contribution in [-0.2, 0) is 11.3 Å². The van der Waals surface area contributed by atoms with Crippen LogP contribution >= 0.6 is 0 Å². The molecule has 0 unspecified atom stereocenters. The molecule has 0 bridgehead atoms. The number of nitrogen functional groups attached to an aromatic ring is 1. The van der Waals surface area contributed by atoms with Gasteiger partial charge in [0.15, 0.2) is 0 Å². The molecule has 3 N–H and O–H groups in total. The molecule has 0 saturated heterocycles. The Hall–Kier alpha value is -2.93. The molecule has 0 spiro atoms. The summed E-state index contributed by atoms with van der Waals surface area (Å²) in [5.41, 5.74) is 8.18. The fourth-order valence-corrected chi connectivity index (χ4v) is 1.78. The highest BCUT2D eigenvalue weighted by molar-refractivity contribution is 5.67. The summed E-state index contributed by atoms with van der Waals surface area (Å²) in [4.78, 5) is 11.5. The Morgan fingerprint density at radius 3 is 2.73 bits per heavy atom. The zero-order valence-electron chi connectivity index (χ0n) is 12.2. The molecule has 22 heavy (non-hydrogen) atoms. The van der Waals surface area contributed by atoms with E-state index in [-0.39, 0.29) is 6.61 Å². The van der Waals surface area contributed by atoms with Crippen LogP contribution in [0.15, 0.2) is 54.6 Å². The van der Waals surface area contributed by atoms with E-state index in [1.807, 2.05) is 54.6 Å². The summed E-state index contributed by atoms with van der Waals surface area (Å²) in [6, 6.07) is 16.9. The number of hydrogen-bond donors (Lipinski definition) is 2. The third-order valence-corrected chi connectivity index (χ3v) is 2.85. The Kier molecular flexibility index (Phi) is 5.89. The second kappa shape index (κ2) is 8.38. The molecular weight excluding hydrogens is 276 g/mol. The molecule has 0 heterocycles. The first kappa shape index (κ1) is 15.5. The first-order chi connectivity index (χ1) is 10.7. The number of hydrogen-bond acceptors (Lipinski definition) is 3. The van der Waals surface area contributed by atoms with Crippen molar-refractivity contribution in [3.8, 4) is 11.8 Å². The lowest BCUT2D eigenvalue weighted by atomic mass is 10.2. The second-order valence-electron chi connectivity index (χ2n) is 4.67. The standard InChI is InChI=1S/C18H18N2O2/c19-17-11-6-10-15(13-17)7-4-5-12-20-18(21)22-14-16-8-2-1-3-9-16/h1-3,6,8-11,13H,5,12,14,19H2,(H,20,21). The number of alkyl carbamates (subject to hydrolysis) is 1. The van der Waals surface area contributed by atoms with Gasteiger partial charge in [-0.25, -0.2) is 4.79 Å². The molecule has 1 amide bonds. The lowest BCUT2D eigenvalue weighted by Gasteiger charge is -2.05. The van der Waals surface area contributed by atoms with E-state index in [1.54, 1.807) is 0 Å². The summed E-state index contributed by atoms with van der Waals surface area (Å²) < 4.78 is 5.09. The van der Waals surface area contributed by atoms with Crippen molar-refractivity contribution in [2.45, 2.75) is 13.0 Å². The highest BCUT2D eigenvalue weighted by Crippen LogP contribution is 2.04. The van der Waals surface area contributed by atoms with Gasteiger partial charge in [0.25, 0.3) is 0 Å². The van der Waals surface area contributed by atoms with Gasteiger partial charge in [-0.05, 0) is 23.8 Å². The van der Waals surface area contributed by atoms with Crippen molar-refractivity contribution in [2.75, 3.05) is 12.3 Å². The highest BCUT2D eigenvalue weighted by Gasteiger charge is 2.00. The van der Waals surface area contributed by atoms with Gasteiger partial charge in [-0.15, -0.1) is 0 Å². The van der Waals surface area contributed by atoms with Crippen LogP contribution in [0.5, 0.6) is 0 Å². The van der Waals surface area contributed by atoms with E-state index in [2.05, 4.69) is 17.2 Å². The average molecular weight is 294 g/mol. The molecule has 0 fully saturated rings. The predicted molar refractivity (Wildman–Crippen MR) is 87.0 cm³/mol. The summed E-state index contributed by atoms with van der Waals surface area (Å²) in [6.07, 6.45) is 0.115. The van der Waals surface area contributed by atoms with Gasteiger partial charge in [0, 0.05) is 24.2 Å². The van der Waals surface area contributed by atoms with Gasteiger partial charge in [-0.2, -0.15) is 0 Å². The zero-order chi connectivity index (χ0) is 15.6. The fourth-order valence-electron chi connectivity index (χ4n) is 1.78. The maximum atomic E-state index is 11.5. The summed E-state index contributed by atoms with van der Waals surface area (Å²) >= 11 is 0. The first-order valence-electron chi connectivity index (χ1n) is 7.03. The molecule has 0 atom stereocenters. The Labute approximate surface area is 130 Å². The van der Waals surface area contributed by atoms with E-state index in [9.17, 15) is 4.79 Å². The monoisotopic (exact) mass is 294 g/mol. The Bertz CT molecular complexity index is 672. The van der Waals surface area contributed by atoms with Crippen LogP contribution in [0.2, 0.25) is 0 Å². The molecule has 0 aliphatic heterocycles. The lowest BCUT2D eigenvalue weighted by Crippen LogP contribution is -2.24. The molecule has 0 aliphatic carbocycles. The highest BCUT2D eigenvalue weighted by atomic mass is 16.5. The molecule has 0 radical (unpaired) electrons. The minimum absolute atomic E-state index is 0.266. The minimum Gasteiger partial charge on any atom is -0.445 e. The number of nitrogens with two attached hydrogens (primary N) is 1. The number of ether oxygens (including phenoxy) is 1. The molecule has 0 aromatic heterocycles. The van der Waals surface area contributed by atoms with Gasteiger partial charge in [0.2, 0.25) is 0 Å². The third kappa shape index (κ3) is 5.59. The maximum Gasteiger partial charge on any atom is 0.407 e. The van der Waals surface area contributed by atoms with Gasteiger partial charge in [0.05, 0.1) is 0 Å². The van der Waals surface area contributed by atoms with E-state index < -0.39 is 6.09 Å². The number of carbonyl (C=O) groups excluding carboxylic acids is 1. The molecule has 0 aliphatic rings. The fraction of sp³-hybridized carbons (Fsp3) is 0.167. The van der Waals surface area contributed by atoms with Crippen LogP contribution in [0, 0.1) is 11.8 Å². The Morgan fingerprint density at radius 1 is 1.14 bits per heavy atom. The average Bonchev–Trinajstić information content (AvgIpc) is 2.54. The summed E-state index contributed by atoms with van der Waals surface area (Å²) in [7, 11) is 0. The van der Waals surface area contributed by atoms with Gasteiger partial charge in [0.1, 0.15) is 6.61 Å². The van der Waals surface area contributed by atoms with Crippen LogP contribution in [0.1, 0.15) is 17.5 Å². The number of anilines is 1. The second-order valence-corrected chi connectivity index (χ2v) is 4.67. The summed E-state index contributed by atoms with van der Waals surface area (Å²) in [6.45, 7) is 0.713. The van der Waals surface area contributed by atoms with Crippen molar-refractivity contribution in [3.63, 3.8) is 0 Å². The molecule has 112 valence electrons. The molecule has 2 rings (SSSR count). The van der Waals surface area contributed by atoms with E-state index >= 15 is 0 Å². The summed E-state index contributed by atoms with van der Waals surface area (Å²) in [5.74, 6) is 5.98. The van der Waals surface area contributed by atoms with Crippen molar-refractivity contribution in [2.24, 2.45) is 0 Å². The molecular formula is C18H18N2O2. The van der Waals surface area contributed by atoms with Crippen molar-refractivity contribution in [1.82, 2.24) is 5.32 Å². The van der Waals surface area contributed by atoms with Crippen LogP contribution in [-0.4, -0.2) is 12.6 Å². The first-order valence-corrected chi connectivity index (χ1v) is 7.03. The summed E-state index contributed by atoms with van der Waals surface area (Å²) in [5, 5.41) is 2.66. The molecule has 4 heteroatoms. The topological polar surface area (TPSA) is 64.3 Å². The predicted octanol–water partition coefficient (Wildman–Crippen LogP) is 2.94. The van der Waals surface area contributed by atoms with E-state index in [0.717, 1.165) is 11.1 Å². The Morgan fingerprint density at radius 2 is 1.95 bits per heavy atom. The Balaban J connectivity index is 1.65. The molecule has 0 saturated carbocycles. The number of amides is 1. The largest absolute Gasteiger partial charge is 0.445 e. The van der Waals surface area contributed by atoms with E-state index in [1.165, 1.54) is 0 Å². The molecule has 2 aromatic rings. The zero-order valence-corrected chi connectivity index (χ0v) is 12.2. The maximum absolute atomic E-state index is 11.5. The SMILES string of the molecule is Nc1cccc(C#CCCNC(=O)OCc2ccccc2)c1. The molecule has 4 nitrogen and oxygen atoms in total. The van der Waals surface area contributed by atoms with Gasteiger partial charge in [-0.3, -0.25) is 0 Å². The van der Waals surface area contributed by atoms with Gasteiger partial charge >= 0.3 is 6.09 Å². The van der Waals surface area contributed by atoms with Crippen LogP contribution in [0.3, 0.4) is 0 Å². The van der Waals surface area contributed by atoms with Crippen LogP contribution in [0.25, 0.3) is 0 Å². The number of carbonyl (C=O) groups is 1. The third-order valence-electron chi connectivity index (χ3n) is 2.85. The van der Waals surface area contributed by atoms with E-state index in [0.29, 0.717) is 18.7 Å². The number of rotatable bonds is 4. The van der Waals surface area contributed by atoms with E-state index in [4.69, 9.17) is 10.5 Å². The van der Waals surface area contributed by atoms with Crippen molar-refractivity contribution >= 4 is 11.8 Å². The molecule has 2 aromatic carbocycles.